The van der Waals surface area contributed by atoms with Crippen LogP contribution >= 0.6 is 0 Å². The Morgan fingerprint density at radius 2 is 1.97 bits per heavy atom. The van der Waals surface area contributed by atoms with Gasteiger partial charge in [-0.15, -0.1) is 0 Å². The number of fused-ring (bicyclic) bond motifs is 2. The van der Waals surface area contributed by atoms with E-state index in [4.69, 9.17) is 10.5 Å². The maximum absolute atomic E-state index is 13.5. The van der Waals surface area contributed by atoms with Gasteiger partial charge in [-0.2, -0.15) is 5.10 Å². The Morgan fingerprint density at radius 3 is 2.55 bits per heavy atom. The lowest BCUT2D eigenvalue weighted by Crippen LogP contribution is -2.68. The lowest BCUT2D eigenvalue weighted by Gasteiger charge is -2.52. The Bertz CT molecular complexity index is 875. The first-order chi connectivity index (χ1) is 15.4. The Hall–Kier alpha value is -2.35. The molecule has 2 unspecified atom stereocenters. The van der Waals surface area contributed by atoms with Gasteiger partial charge >= 0.3 is 0 Å². The first-order valence-electron chi connectivity index (χ1n) is 12.2. The fraction of sp³-hybridized carbons (Fsp3) is 0.720. The summed E-state index contributed by atoms with van der Waals surface area (Å²) in [6.07, 6.45) is 10.4. The number of hydrogen-bond donors (Lipinski definition) is 3. The van der Waals surface area contributed by atoms with Gasteiger partial charge in [0.05, 0.1) is 24.0 Å². The van der Waals surface area contributed by atoms with Gasteiger partial charge in [0.25, 0.3) is 5.91 Å². The summed E-state index contributed by atoms with van der Waals surface area (Å²) in [5.74, 6) is 1.51. The van der Waals surface area contributed by atoms with Crippen LogP contribution in [0.4, 0.5) is 0 Å². The van der Waals surface area contributed by atoms with E-state index in [1.807, 2.05) is 19.9 Å². The molecule has 2 atom stereocenters. The molecule has 0 aromatic carbocycles. The van der Waals surface area contributed by atoms with Crippen LogP contribution in [0.2, 0.25) is 0 Å². The average Bonchev–Trinajstić information content (AvgIpc) is 3.08. The first-order valence-corrected chi connectivity index (χ1v) is 12.2. The second-order valence-corrected chi connectivity index (χ2v) is 11.0. The van der Waals surface area contributed by atoms with Crippen molar-refractivity contribution in [3.8, 4) is 5.88 Å². The van der Waals surface area contributed by atoms with Gasteiger partial charge in [0, 0.05) is 13.1 Å². The van der Waals surface area contributed by atoms with Gasteiger partial charge in [0.2, 0.25) is 11.8 Å². The minimum atomic E-state index is -0.692. The van der Waals surface area contributed by atoms with E-state index in [-0.39, 0.29) is 29.6 Å². The molecule has 2 fully saturated rings. The highest BCUT2D eigenvalue weighted by Crippen LogP contribution is 2.46. The van der Waals surface area contributed by atoms with Crippen LogP contribution in [0, 0.1) is 23.7 Å². The highest BCUT2D eigenvalue weighted by Gasteiger charge is 2.49. The quantitative estimate of drug-likeness (QED) is 0.515. The van der Waals surface area contributed by atoms with Gasteiger partial charge in [-0.05, 0) is 69.3 Å². The van der Waals surface area contributed by atoms with Gasteiger partial charge in [-0.3, -0.25) is 9.59 Å². The lowest BCUT2D eigenvalue weighted by molar-refractivity contribution is -0.120. The summed E-state index contributed by atoms with van der Waals surface area (Å²) in [7, 11) is 0. The van der Waals surface area contributed by atoms with Crippen LogP contribution in [0.15, 0.2) is 12.3 Å². The number of carbonyl (C=O) groups excluding carboxylic acids is 2. The van der Waals surface area contributed by atoms with Crippen molar-refractivity contribution in [3.05, 3.63) is 17.8 Å². The topological polar surface area (TPSA) is 111 Å². The highest BCUT2D eigenvalue weighted by molar-refractivity contribution is 5.97. The van der Waals surface area contributed by atoms with E-state index in [2.05, 4.69) is 36.5 Å². The maximum Gasteiger partial charge on any atom is 0.259 e. The molecule has 0 saturated heterocycles. The Morgan fingerprint density at radius 1 is 1.33 bits per heavy atom. The molecule has 1 aromatic heterocycles. The van der Waals surface area contributed by atoms with Gasteiger partial charge in [0.1, 0.15) is 5.56 Å². The van der Waals surface area contributed by atoms with E-state index in [1.165, 1.54) is 19.5 Å². The number of nitrogens with two attached hydrogens (primary N) is 1. The molecule has 1 heterocycles. The van der Waals surface area contributed by atoms with E-state index in [9.17, 15) is 9.59 Å². The van der Waals surface area contributed by atoms with Crippen LogP contribution in [-0.4, -0.2) is 39.4 Å². The number of amides is 2. The van der Waals surface area contributed by atoms with Crippen molar-refractivity contribution in [2.24, 2.45) is 29.4 Å². The molecule has 1 aromatic rings. The third-order valence-electron chi connectivity index (χ3n) is 6.84. The number of hydrogen-bond acceptors (Lipinski definition) is 5. The molecule has 2 amide bonds. The van der Waals surface area contributed by atoms with Crippen molar-refractivity contribution in [1.82, 2.24) is 20.4 Å². The van der Waals surface area contributed by atoms with Crippen molar-refractivity contribution in [1.29, 1.82) is 0 Å². The highest BCUT2D eigenvalue weighted by atomic mass is 16.5. The second kappa shape index (κ2) is 9.87. The second-order valence-electron chi connectivity index (χ2n) is 11.0. The summed E-state index contributed by atoms with van der Waals surface area (Å²) in [5, 5.41) is 10.5. The number of carbonyl (C=O) groups is 2. The third-order valence-corrected chi connectivity index (χ3v) is 6.84. The smallest absolute Gasteiger partial charge is 0.259 e. The summed E-state index contributed by atoms with van der Waals surface area (Å²) in [6.45, 7) is 12.1. The molecule has 0 radical (unpaired) electrons. The molecule has 2 aliphatic carbocycles. The predicted octanol–water partition coefficient (Wildman–Crippen LogP) is 3.53. The molecule has 8 nitrogen and oxygen atoms in total. The molecule has 8 heteroatoms. The predicted molar refractivity (Wildman–Crippen MR) is 129 cm³/mol. The normalized spacial score (nSPS) is 27.6. The first kappa shape index (κ1) is 25.3. The third kappa shape index (κ3) is 5.96. The number of aromatic nitrogens is 2. The van der Waals surface area contributed by atoms with Crippen LogP contribution in [0.25, 0.3) is 6.20 Å². The fourth-order valence-electron chi connectivity index (χ4n) is 5.34. The fourth-order valence-corrected chi connectivity index (χ4v) is 5.34. The van der Waals surface area contributed by atoms with Gasteiger partial charge < -0.3 is 21.1 Å². The summed E-state index contributed by atoms with van der Waals surface area (Å²) in [4.78, 5) is 24.9. The summed E-state index contributed by atoms with van der Waals surface area (Å²) in [6, 6.07) is 0. The van der Waals surface area contributed by atoms with E-state index in [0.29, 0.717) is 24.0 Å². The largest absolute Gasteiger partial charge is 0.477 e. The molecular formula is C25H41N5O3. The number of nitrogens with one attached hydrogen (secondary N) is 2. The van der Waals surface area contributed by atoms with E-state index >= 15 is 0 Å². The molecule has 2 bridgehead atoms. The molecule has 0 spiro atoms. The standard InChI is InChI=1S/C25H41N5O3/c1-16(2)15-33-23-21(14-27-30(23)11-10-24(5,6)28-18(4)31)22(32)29-25(26)19-8-7-9-20(25)13-17(3)12-19/h10-11,14,16-17,19-20H,7-9,12-13,15,26H2,1-6H3,(H,28,31)(H,29,32)/b11-10+/t17-,19?,20?,25-. The lowest BCUT2D eigenvalue weighted by atomic mass is 9.61. The zero-order valence-electron chi connectivity index (χ0n) is 21.0. The Balaban J connectivity index is 1.85. The van der Waals surface area contributed by atoms with Crippen molar-refractivity contribution < 1.29 is 14.3 Å². The van der Waals surface area contributed by atoms with Gasteiger partial charge in [-0.1, -0.05) is 27.2 Å². The van der Waals surface area contributed by atoms with Crippen LogP contribution < -0.4 is 21.1 Å². The SMILES string of the molecule is CC(=O)NC(C)(C)/C=C/n1ncc(C(=O)N[C@]2(N)C3CCCC2C[C@H](C)C3)c1OCC(C)C. The van der Waals surface area contributed by atoms with Crippen LogP contribution in [0.3, 0.4) is 0 Å². The zero-order valence-corrected chi connectivity index (χ0v) is 21.0. The van der Waals surface area contributed by atoms with Crippen LogP contribution in [0.5, 0.6) is 5.88 Å². The maximum atomic E-state index is 13.5. The summed E-state index contributed by atoms with van der Waals surface area (Å²) < 4.78 is 7.58. The minimum Gasteiger partial charge on any atom is -0.477 e. The Kier molecular flexibility index (Phi) is 7.56. The van der Waals surface area contributed by atoms with Crippen LogP contribution in [0.1, 0.15) is 84.0 Å². The van der Waals surface area contributed by atoms with E-state index in [0.717, 1.165) is 25.7 Å². The summed E-state index contributed by atoms with van der Waals surface area (Å²) >= 11 is 0. The number of rotatable bonds is 8. The van der Waals surface area contributed by atoms with Crippen molar-refractivity contribution in [2.45, 2.75) is 84.8 Å². The van der Waals surface area contributed by atoms with Gasteiger partial charge in [-0.25, -0.2) is 4.68 Å². The summed E-state index contributed by atoms with van der Waals surface area (Å²) in [5.41, 5.74) is 6.00. The number of nitrogens with zero attached hydrogens (tertiary/aromatic N) is 2. The molecule has 33 heavy (non-hydrogen) atoms. The van der Waals surface area contributed by atoms with Gasteiger partial charge in [0.15, 0.2) is 0 Å². The molecule has 184 valence electrons. The van der Waals surface area contributed by atoms with Crippen LogP contribution in [-0.2, 0) is 4.79 Å². The van der Waals surface area contributed by atoms with E-state index in [1.54, 1.807) is 10.9 Å². The Labute approximate surface area is 197 Å². The molecule has 4 N–H and O–H groups in total. The molecule has 0 aliphatic heterocycles. The minimum absolute atomic E-state index is 0.123. The molecule has 2 aliphatic rings. The van der Waals surface area contributed by atoms with Crippen molar-refractivity contribution in [3.63, 3.8) is 0 Å². The average molecular weight is 460 g/mol. The molecule has 2 saturated carbocycles. The van der Waals surface area contributed by atoms with E-state index < -0.39 is 11.2 Å². The molecular weight excluding hydrogens is 418 g/mol. The number of ether oxygens (including phenoxy) is 1. The van der Waals surface area contributed by atoms with Crippen molar-refractivity contribution in [2.75, 3.05) is 6.61 Å². The monoisotopic (exact) mass is 459 g/mol. The zero-order chi connectivity index (χ0) is 24.4. The van der Waals surface area contributed by atoms with Crippen molar-refractivity contribution >= 4 is 18.0 Å². The molecule has 3 rings (SSSR count).